The van der Waals surface area contributed by atoms with Crippen molar-refractivity contribution in [3.63, 3.8) is 0 Å². The third kappa shape index (κ3) is 5.67. The van der Waals surface area contributed by atoms with Crippen LogP contribution in [0.5, 0.6) is 0 Å². The fraction of sp³-hybridized carbons (Fsp3) is 0.688. The Morgan fingerprint density at radius 2 is 2.13 bits per heavy atom. The van der Waals surface area contributed by atoms with Crippen molar-refractivity contribution in [1.82, 2.24) is 10.1 Å². The zero-order valence-corrected chi connectivity index (χ0v) is 13.8. The first-order valence-electron chi connectivity index (χ1n) is 8.08. The molecule has 2 amide bonds. The van der Waals surface area contributed by atoms with Crippen molar-refractivity contribution in [2.45, 2.75) is 39.0 Å². The maximum atomic E-state index is 12.2. The summed E-state index contributed by atoms with van der Waals surface area (Å²) in [4.78, 5) is 25.9. The van der Waals surface area contributed by atoms with Gasteiger partial charge >= 0.3 is 0 Å². The first-order chi connectivity index (χ1) is 11.1. The van der Waals surface area contributed by atoms with Crippen LogP contribution in [0, 0.1) is 12.8 Å². The summed E-state index contributed by atoms with van der Waals surface area (Å²) in [6.07, 6.45) is 5.87. The third-order valence-corrected chi connectivity index (χ3v) is 4.05. The predicted molar refractivity (Wildman–Crippen MR) is 84.9 cm³/mol. The molecule has 1 aromatic heterocycles. The third-order valence-electron chi connectivity index (χ3n) is 4.05. The van der Waals surface area contributed by atoms with E-state index in [1.807, 2.05) is 0 Å². The lowest BCUT2D eigenvalue weighted by molar-refractivity contribution is -0.138. The van der Waals surface area contributed by atoms with Crippen LogP contribution in [0.15, 0.2) is 10.6 Å². The average Bonchev–Trinajstić information content (AvgIpc) is 2.93. The van der Waals surface area contributed by atoms with Crippen molar-refractivity contribution < 1.29 is 18.8 Å². The average molecular weight is 323 g/mol. The number of hydrogen-bond donors (Lipinski definition) is 1. The lowest BCUT2D eigenvalue weighted by atomic mass is 9.89. The highest BCUT2D eigenvalue weighted by molar-refractivity contribution is 5.93. The number of amides is 2. The van der Waals surface area contributed by atoms with E-state index in [0.717, 1.165) is 12.8 Å². The molecule has 0 aliphatic heterocycles. The van der Waals surface area contributed by atoms with E-state index in [4.69, 9.17) is 9.26 Å². The van der Waals surface area contributed by atoms with Crippen LogP contribution in [0.25, 0.3) is 0 Å². The molecule has 1 saturated carbocycles. The van der Waals surface area contributed by atoms with E-state index in [1.54, 1.807) is 17.9 Å². The summed E-state index contributed by atoms with van der Waals surface area (Å²) in [7, 11) is 1.48. The molecule has 1 aliphatic rings. The van der Waals surface area contributed by atoms with E-state index in [0.29, 0.717) is 24.0 Å². The van der Waals surface area contributed by atoms with Gasteiger partial charge in [-0.3, -0.25) is 9.59 Å². The zero-order chi connectivity index (χ0) is 16.7. The monoisotopic (exact) mass is 323 g/mol. The second-order valence-electron chi connectivity index (χ2n) is 6.08. The molecule has 2 rings (SSSR count). The van der Waals surface area contributed by atoms with Crippen LogP contribution >= 0.6 is 0 Å². The van der Waals surface area contributed by atoms with Gasteiger partial charge in [-0.1, -0.05) is 24.4 Å². The second kappa shape index (κ2) is 8.67. The van der Waals surface area contributed by atoms with Gasteiger partial charge in [0.05, 0.1) is 6.54 Å². The molecule has 1 heterocycles. The Morgan fingerprint density at radius 1 is 1.39 bits per heavy atom. The van der Waals surface area contributed by atoms with Crippen molar-refractivity contribution in [3.05, 3.63) is 11.8 Å². The van der Waals surface area contributed by atoms with Gasteiger partial charge in [0, 0.05) is 19.7 Å². The first kappa shape index (κ1) is 17.5. The summed E-state index contributed by atoms with van der Waals surface area (Å²) in [5, 5.41) is 6.37. The summed E-state index contributed by atoms with van der Waals surface area (Å²) >= 11 is 0. The summed E-state index contributed by atoms with van der Waals surface area (Å²) in [6, 6.07) is 1.64. The minimum Gasteiger partial charge on any atom is -0.375 e. The number of ether oxygens (including phenoxy) is 1. The molecule has 0 radical (unpaired) electrons. The number of methoxy groups -OCH3 is 1. The smallest absolute Gasteiger partial charge is 0.249 e. The van der Waals surface area contributed by atoms with Gasteiger partial charge in [0.2, 0.25) is 11.8 Å². The lowest BCUT2D eigenvalue weighted by Gasteiger charge is -2.29. The molecule has 1 N–H and O–H groups in total. The fourth-order valence-corrected chi connectivity index (χ4v) is 2.93. The molecule has 0 unspecified atom stereocenters. The fourth-order valence-electron chi connectivity index (χ4n) is 2.93. The highest BCUT2D eigenvalue weighted by Crippen LogP contribution is 2.24. The Kier molecular flexibility index (Phi) is 6.58. The SMILES string of the molecule is COCC(=O)N(CC(=O)Nc1cc(C)on1)CC1CCCCC1. The molecule has 0 atom stereocenters. The van der Waals surface area contributed by atoms with Gasteiger partial charge in [-0.05, 0) is 25.7 Å². The van der Waals surface area contributed by atoms with Crippen molar-refractivity contribution in [2.75, 3.05) is 32.1 Å². The Morgan fingerprint density at radius 3 is 2.74 bits per heavy atom. The number of carbonyl (C=O) groups excluding carboxylic acids is 2. The van der Waals surface area contributed by atoms with Crippen LogP contribution < -0.4 is 5.32 Å². The number of anilines is 1. The normalized spacial score (nSPS) is 15.4. The Labute approximate surface area is 136 Å². The minimum absolute atomic E-state index is 0.00456. The first-order valence-corrected chi connectivity index (χ1v) is 8.08. The summed E-state index contributed by atoms with van der Waals surface area (Å²) in [5.41, 5.74) is 0. The van der Waals surface area contributed by atoms with Gasteiger partial charge in [-0.15, -0.1) is 0 Å². The van der Waals surface area contributed by atoms with Crippen LogP contribution in [-0.2, 0) is 14.3 Å². The standard InChI is InChI=1S/C16H25N3O4/c1-12-8-14(18-23-12)17-15(20)10-19(16(21)11-22-2)9-13-6-4-3-5-7-13/h8,13H,3-7,9-11H2,1-2H3,(H,17,18,20). The molecule has 0 bridgehead atoms. The summed E-state index contributed by atoms with van der Waals surface area (Å²) < 4.78 is 9.84. The van der Waals surface area contributed by atoms with Crippen molar-refractivity contribution in [2.24, 2.45) is 5.92 Å². The predicted octanol–water partition coefficient (Wildman–Crippen LogP) is 1.98. The van der Waals surface area contributed by atoms with Gasteiger partial charge in [-0.2, -0.15) is 0 Å². The maximum Gasteiger partial charge on any atom is 0.249 e. The van der Waals surface area contributed by atoms with E-state index in [1.165, 1.54) is 26.4 Å². The molecular weight excluding hydrogens is 298 g/mol. The molecule has 0 spiro atoms. The summed E-state index contributed by atoms with van der Waals surface area (Å²) in [6.45, 7) is 2.35. The van der Waals surface area contributed by atoms with Gasteiger partial charge in [0.1, 0.15) is 12.4 Å². The van der Waals surface area contributed by atoms with Crippen LogP contribution in [0.2, 0.25) is 0 Å². The topological polar surface area (TPSA) is 84.7 Å². The van der Waals surface area contributed by atoms with E-state index in [9.17, 15) is 9.59 Å². The molecule has 7 nitrogen and oxygen atoms in total. The molecule has 0 saturated heterocycles. The van der Waals surface area contributed by atoms with E-state index < -0.39 is 0 Å². The van der Waals surface area contributed by atoms with Gasteiger partial charge in [0.15, 0.2) is 5.82 Å². The quantitative estimate of drug-likeness (QED) is 0.829. The molecular formula is C16H25N3O4. The molecule has 1 aliphatic carbocycles. The highest BCUT2D eigenvalue weighted by Gasteiger charge is 2.23. The van der Waals surface area contributed by atoms with Crippen LogP contribution in [-0.4, -0.2) is 48.7 Å². The van der Waals surface area contributed by atoms with E-state index in [2.05, 4.69) is 10.5 Å². The van der Waals surface area contributed by atoms with Gasteiger partial charge in [-0.25, -0.2) is 0 Å². The zero-order valence-electron chi connectivity index (χ0n) is 13.8. The van der Waals surface area contributed by atoms with Crippen LogP contribution in [0.3, 0.4) is 0 Å². The second-order valence-corrected chi connectivity index (χ2v) is 6.08. The van der Waals surface area contributed by atoms with Crippen molar-refractivity contribution in [1.29, 1.82) is 0 Å². The highest BCUT2D eigenvalue weighted by atomic mass is 16.5. The minimum atomic E-state index is -0.279. The van der Waals surface area contributed by atoms with Gasteiger partial charge < -0.3 is 19.5 Å². The number of aryl methyl sites for hydroxylation is 1. The van der Waals surface area contributed by atoms with E-state index in [-0.39, 0.29) is 25.0 Å². The molecule has 23 heavy (non-hydrogen) atoms. The molecule has 1 aromatic rings. The number of carbonyl (C=O) groups is 2. The largest absolute Gasteiger partial charge is 0.375 e. The van der Waals surface area contributed by atoms with Crippen molar-refractivity contribution >= 4 is 17.6 Å². The molecule has 128 valence electrons. The van der Waals surface area contributed by atoms with E-state index >= 15 is 0 Å². The lowest BCUT2D eigenvalue weighted by Crippen LogP contribution is -2.42. The Bertz CT molecular complexity index is 523. The van der Waals surface area contributed by atoms with Gasteiger partial charge in [0.25, 0.3) is 0 Å². The molecule has 0 aromatic carbocycles. The molecule has 7 heteroatoms. The number of nitrogens with zero attached hydrogens (tertiary/aromatic N) is 2. The van der Waals surface area contributed by atoms with Crippen LogP contribution in [0.4, 0.5) is 5.82 Å². The number of rotatable bonds is 7. The summed E-state index contributed by atoms with van der Waals surface area (Å²) in [5.74, 6) is 1.01. The number of nitrogens with one attached hydrogen (secondary N) is 1. The van der Waals surface area contributed by atoms with Crippen LogP contribution in [0.1, 0.15) is 37.9 Å². The maximum absolute atomic E-state index is 12.2. The Hall–Kier alpha value is -1.89. The molecule has 1 fully saturated rings. The number of aromatic nitrogens is 1. The Balaban J connectivity index is 1.92. The van der Waals surface area contributed by atoms with Crippen molar-refractivity contribution in [3.8, 4) is 0 Å². The number of hydrogen-bond acceptors (Lipinski definition) is 5.